The molecule has 0 atom stereocenters. The van der Waals surface area contributed by atoms with Crippen LogP contribution in [-0.4, -0.2) is 18.3 Å². The summed E-state index contributed by atoms with van der Waals surface area (Å²) in [5, 5.41) is 0.942. The zero-order valence-electron chi connectivity index (χ0n) is 10.5. The molecule has 0 bridgehead atoms. The molecule has 2 aromatic heterocycles. The van der Waals surface area contributed by atoms with Gasteiger partial charge in [0.05, 0.1) is 0 Å². The Morgan fingerprint density at radius 1 is 0.864 bits per heavy atom. The molecular weight excluding hydrogens is 401 g/mol. The van der Waals surface area contributed by atoms with Gasteiger partial charge in [0.2, 0.25) is 0 Å². The van der Waals surface area contributed by atoms with Crippen molar-refractivity contribution in [1.82, 2.24) is 9.97 Å². The molecule has 0 saturated heterocycles. The molecule has 0 aromatic carbocycles. The third-order valence-corrected chi connectivity index (χ3v) is 5.68. The largest absolute Gasteiger partial charge is 0.364 e. The van der Waals surface area contributed by atoms with Crippen molar-refractivity contribution in [3.05, 3.63) is 43.4 Å². The van der Waals surface area contributed by atoms with Gasteiger partial charge in [-0.15, -0.1) is 0 Å². The molecule has 0 saturated carbocycles. The summed E-state index contributed by atoms with van der Waals surface area (Å²) in [6.07, 6.45) is 3.21. The molecular formula is C10H6N4O2S6. The lowest BCUT2D eigenvalue weighted by Gasteiger charge is -2.05. The van der Waals surface area contributed by atoms with E-state index in [1.807, 2.05) is 0 Å². The van der Waals surface area contributed by atoms with E-state index < -0.39 is 0 Å². The predicted octanol–water partition coefficient (Wildman–Crippen LogP) is 4.35. The van der Waals surface area contributed by atoms with E-state index in [4.69, 9.17) is 24.4 Å². The van der Waals surface area contributed by atoms with Crippen molar-refractivity contribution in [2.75, 3.05) is 0 Å². The summed E-state index contributed by atoms with van der Waals surface area (Å²) < 4.78 is 1.23. The van der Waals surface area contributed by atoms with Crippen molar-refractivity contribution in [2.24, 2.45) is 0 Å². The molecule has 2 rings (SSSR count). The molecule has 2 N–H and O–H groups in total. The molecule has 2 aromatic rings. The van der Waals surface area contributed by atoms with Gasteiger partial charge in [-0.05, 0) is 33.7 Å². The van der Waals surface area contributed by atoms with Crippen LogP contribution in [0.5, 0.6) is 0 Å². The van der Waals surface area contributed by atoms with Gasteiger partial charge in [-0.1, -0.05) is 32.8 Å². The third kappa shape index (κ3) is 3.88. The molecule has 0 spiro atoms. The lowest BCUT2D eigenvalue weighted by molar-refractivity contribution is -0.267. The van der Waals surface area contributed by atoms with Gasteiger partial charge in [-0.3, -0.25) is 0 Å². The fourth-order valence-corrected chi connectivity index (χ4v) is 4.91. The van der Waals surface area contributed by atoms with E-state index >= 15 is 0 Å². The second kappa shape index (κ2) is 7.57. The highest BCUT2D eigenvalue weighted by molar-refractivity contribution is 8.76. The van der Waals surface area contributed by atoms with Crippen molar-refractivity contribution in [2.45, 2.75) is 10.1 Å². The van der Waals surface area contributed by atoms with Crippen LogP contribution in [0.25, 0.3) is 0 Å². The van der Waals surface area contributed by atoms with Crippen LogP contribution in [0.3, 0.4) is 0 Å². The minimum atomic E-state index is 0.179. The van der Waals surface area contributed by atoms with Crippen LogP contribution >= 0.6 is 46.0 Å². The van der Waals surface area contributed by atoms with Crippen LogP contribution in [0.1, 0.15) is 0 Å². The first-order valence-electron chi connectivity index (χ1n) is 5.48. The summed E-state index contributed by atoms with van der Waals surface area (Å²) in [6.45, 7) is 0. The number of pyridine rings is 2. The fourth-order valence-electron chi connectivity index (χ4n) is 1.46. The molecule has 0 aliphatic rings. The molecule has 0 aliphatic carbocycles. The highest BCUT2D eigenvalue weighted by atomic mass is 33.1. The normalized spacial score (nSPS) is 10.4. The number of rotatable bonds is 5. The van der Waals surface area contributed by atoms with Crippen LogP contribution in [0, 0.1) is 18.8 Å². The number of H-pyrrole nitrogens is 2. The third-order valence-electron chi connectivity index (χ3n) is 2.37. The summed E-state index contributed by atoms with van der Waals surface area (Å²) in [7, 11) is 2.36. The Balaban J connectivity index is 2.37. The molecule has 0 radical (unpaired) electrons. The van der Waals surface area contributed by atoms with Crippen LogP contribution in [0.15, 0.2) is 34.6 Å². The molecule has 6 nitrogen and oxygen atoms in total. The van der Waals surface area contributed by atoms with Crippen LogP contribution < -0.4 is 0 Å². The first-order chi connectivity index (χ1) is 10.4. The Morgan fingerprint density at radius 2 is 1.23 bits per heavy atom. The van der Waals surface area contributed by atoms with Gasteiger partial charge in [0.1, 0.15) is 9.02 Å². The van der Waals surface area contributed by atoms with Gasteiger partial charge in [-0.2, -0.15) is 0 Å². The number of hydrogen-bond donors (Lipinski definition) is 2. The van der Waals surface area contributed by atoms with E-state index in [-0.39, 0.29) is 19.7 Å². The summed E-state index contributed by atoms with van der Waals surface area (Å²) in [5.41, 5.74) is 0.358. The average molecular weight is 407 g/mol. The Morgan fingerprint density at radius 3 is 1.55 bits per heavy atom. The minimum absolute atomic E-state index is 0.179. The topological polar surface area (TPSA) is 71.7 Å². The van der Waals surface area contributed by atoms with Crippen molar-refractivity contribution >= 4 is 83.0 Å². The van der Waals surface area contributed by atoms with E-state index in [0.717, 1.165) is 0 Å². The van der Waals surface area contributed by atoms with Crippen molar-refractivity contribution in [3.8, 4) is 0 Å². The van der Waals surface area contributed by atoms with Crippen molar-refractivity contribution in [1.29, 1.82) is 0 Å². The Hall–Kier alpha value is -0.920. The summed E-state index contributed by atoms with van der Waals surface area (Å²) in [5.74, 6) is 0. The number of aromatic amines is 2. The summed E-state index contributed by atoms with van der Waals surface area (Å²) in [6, 6.07) is 3.14. The summed E-state index contributed by atoms with van der Waals surface area (Å²) in [4.78, 5) is 28.7. The molecule has 12 heteroatoms. The van der Waals surface area contributed by atoms with Crippen molar-refractivity contribution in [3.63, 3.8) is 0 Å². The molecule has 0 fully saturated rings. The van der Waals surface area contributed by atoms with Gasteiger partial charge in [0, 0.05) is 22.2 Å². The number of aromatic nitrogens is 2. The molecule has 0 unspecified atom stereocenters. The van der Waals surface area contributed by atoms with Crippen molar-refractivity contribution < 1.29 is 8.33 Å². The van der Waals surface area contributed by atoms with E-state index in [1.54, 1.807) is 24.5 Å². The lowest BCUT2D eigenvalue weighted by atomic mass is 10.4. The van der Waals surface area contributed by atoms with E-state index in [1.165, 1.54) is 21.6 Å². The molecule has 22 heavy (non-hydrogen) atoms. The van der Waals surface area contributed by atoms with Crippen LogP contribution in [0.2, 0.25) is 0 Å². The maximum Gasteiger partial charge on any atom is 0.286 e. The monoisotopic (exact) mass is 406 g/mol. The number of nitrogens with zero attached hydrogens (tertiary/aromatic N) is 2. The van der Waals surface area contributed by atoms with Gasteiger partial charge >= 0.3 is 0 Å². The van der Waals surface area contributed by atoms with Gasteiger partial charge in [-0.25, -0.2) is 0 Å². The second-order valence-corrected chi connectivity index (χ2v) is 7.41. The van der Waals surface area contributed by atoms with Gasteiger partial charge in [0.25, 0.3) is 11.4 Å². The highest BCUT2D eigenvalue weighted by Gasteiger charge is 2.19. The first kappa shape index (κ1) is 17.4. The molecule has 0 aliphatic heterocycles. The van der Waals surface area contributed by atoms with E-state index in [9.17, 15) is 9.81 Å². The number of nitroso groups, excluding NO2 is 2. The zero-order chi connectivity index (χ0) is 16.3. The lowest BCUT2D eigenvalue weighted by Crippen LogP contribution is -1.95. The van der Waals surface area contributed by atoms with E-state index in [0.29, 0.717) is 19.1 Å². The Kier molecular flexibility index (Phi) is 6.00. The first-order valence-corrected chi connectivity index (χ1v) is 9.18. The maximum absolute atomic E-state index is 11.5. The smallest absolute Gasteiger partial charge is 0.286 e. The summed E-state index contributed by atoms with van der Waals surface area (Å²) >= 11 is 19.4. The average Bonchev–Trinajstić information content (AvgIpc) is 2.44. The number of hydrogen-bond acceptors (Lipinski definition) is 8. The van der Waals surface area contributed by atoms with Gasteiger partial charge < -0.3 is 35.6 Å². The molecule has 0 amide bonds. The molecule has 2 heterocycles. The van der Waals surface area contributed by atoms with Crippen LogP contribution in [-0.2, 0) is 25.6 Å². The van der Waals surface area contributed by atoms with Gasteiger partial charge in [0.15, 0.2) is 10.1 Å². The maximum atomic E-state index is 11.5. The minimum Gasteiger partial charge on any atom is -0.364 e. The second-order valence-electron chi connectivity index (χ2n) is 3.72. The quantitative estimate of drug-likeness (QED) is 0.329. The zero-order valence-corrected chi connectivity index (χ0v) is 15.4. The molecule has 114 valence electrons. The Bertz CT molecular complexity index is 789. The fraction of sp³-hybridized carbons (Fsp3) is 0. The predicted molar refractivity (Wildman–Crippen MR) is 96.3 cm³/mol. The highest BCUT2D eigenvalue weighted by Crippen LogP contribution is 2.42. The SMILES string of the molecule is O=[N+]([S-])c1c(SSc2[nH]ccc(=S)c2[N+](=O)[S-])[nH]ccc1=S. The Labute approximate surface area is 154 Å². The van der Waals surface area contributed by atoms with E-state index in [2.05, 4.69) is 35.6 Å². The van der Waals surface area contributed by atoms with Crippen LogP contribution in [0.4, 0.5) is 11.4 Å². The number of nitrogens with one attached hydrogen (secondary N) is 2. The standard InChI is InChI=1S/C10H6N4O2S6/c15-13(19)7-5(17)1-3-11-9(7)21-22-10-8(14(16)20)6(18)2-4-12-10/h1-4H,(H,11,17)(H,12,18).